The summed E-state index contributed by atoms with van der Waals surface area (Å²) in [6, 6.07) is 6.21. The first kappa shape index (κ1) is 20.9. The molecule has 2 N–H and O–H groups in total. The van der Waals surface area contributed by atoms with E-state index >= 15 is 0 Å². The summed E-state index contributed by atoms with van der Waals surface area (Å²) in [7, 11) is 0. The van der Waals surface area contributed by atoms with Crippen molar-refractivity contribution in [1.82, 2.24) is 20.8 Å². The molecule has 1 heterocycles. The van der Waals surface area contributed by atoms with Gasteiger partial charge in [-0.05, 0) is 61.4 Å². The molecule has 0 atom stereocenters. The highest BCUT2D eigenvalue weighted by atomic mass is 19.1. The van der Waals surface area contributed by atoms with Crippen molar-refractivity contribution in [3.05, 3.63) is 46.9 Å². The van der Waals surface area contributed by atoms with Crippen LogP contribution in [0.15, 0.2) is 24.3 Å². The Morgan fingerprint density at radius 1 is 1.14 bits per heavy atom. The molecule has 1 aliphatic carbocycles. The monoisotopic (exact) mass is 398 g/mol. The number of nitrogens with zero attached hydrogens (tertiary/aromatic N) is 2. The molecule has 0 bridgehead atoms. The van der Waals surface area contributed by atoms with Gasteiger partial charge in [0.2, 0.25) is 0 Å². The van der Waals surface area contributed by atoms with Gasteiger partial charge in [-0.1, -0.05) is 20.8 Å². The number of carbonyl (C=O) groups is 2. The van der Waals surface area contributed by atoms with Crippen LogP contribution in [-0.4, -0.2) is 34.6 Å². The maximum absolute atomic E-state index is 14.4. The van der Waals surface area contributed by atoms with E-state index in [4.69, 9.17) is 0 Å². The van der Waals surface area contributed by atoms with Gasteiger partial charge < -0.3 is 10.6 Å². The Morgan fingerprint density at radius 3 is 2.41 bits per heavy atom. The number of halogens is 1. The van der Waals surface area contributed by atoms with Crippen molar-refractivity contribution in [3.8, 4) is 11.3 Å². The van der Waals surface area contributed by atoms with Gasteiger partial charge in [-0.25, -0.2) is 4.39 Å². The van der Waals surface area contributed by atoms with E-state index in [-0.39, 0.29) is 34.5 Å². The summed E-state index contributed by atoms with van der Waals surface area (Å²) in [5.41, 5.74) is 1.67. The number of carbonyl (C=O) groups excluding carboxylic acids is 2. The Kier molecular flexibility index (Phi) is 5.96. The number of benzene rings is 1. The summed E-state index contributed by atoms with van der Waals surface area (Å²) in [4.78, 5) is 24.6. The second kappa shape index (κ2) is 8.27. The smallest absolute Gasteiger partial charge is 0.271 e. The van der Waals surface area contributed by atoms with E-state index in [1.807, 2.05) is 20.8 Å². The zero-order valence-corrected chi connectivity index (χ0v) is 17.3. The lowest BCUT2D eigenvalue weighted by atomic mass is 9.92. The molecular weight excluding hydrogens is 371 g/mol. The van der Waals surface area contributed by atoms with Gasteiger partial charge in [0.05, 0.1) is 5.69 Å². The fourth-order valence-electron chi connectivity index (χ4n) is 2.93. The minimum Gasteiger partial charge on any atom is -0.350 e. The van der Waals surface area contributed by atoms with Gasteiger partial charge in [-0.3, -0.25) is 9.59 Å². The summed E-state index contributed by atoms with van der Waals surface area (Å²) in [5.74, 6) is -1.08. The number of aromatic nitrogens is 2. The first-order valence-corrected chi connectivity index (χ1v) is 9.87. The molecule has 1 saturated carbocycles. The van der Waals surface area contributed by atoms with E-state index in [0.29, 0.717) is 23.4 Å². The molecule has 29 heavy (non-hydrogen) atoms. The van der Waals surface area contributed by atoms with Gasteiger partial charge in [0, 0.05) is 23.7 Å². The minimum absolute atomic E-state index is 0.0435. The molecule has 0 unspecified atom stereocenters. The molecule has 1 aliphatic rings. The average Bonchev–Trinajstić information content (AvgIpc) is 2.64. The number of hydrogen-bond acceptors (Lipinski definition) is 4. The summed E-state index contributed by atoms with van der Waals surface area (Å²) < 4.78 is 14.4. The summed E-state index contributed by atoms with van der Waals surface area (Å²) >= 11 is 0. The Balaban J connectivity index is 1.80. The predicted octanol–water partition coefficient (Wildman–Crippen LogP) is 3.65. The third-order valence-electron chi connectivity index (χ3n) is 5.00. The Bertz CT molecular complexity index is 916. The minimum atomic E-state index is -0.477. The third-order valence-corrected chi connectivity index (χ3v) is 5.00. The number of hydrogen-bond donors (Lipinski definition) is 2. The largest absolute Gasteiger partial charge is 0.350 e. The van der Waals surface area contributed by atoms with Crippen molar-refractivity contribution in [2.24, 2.45) is 5.41 Å². The molecule has 3 rings (SSSR count). The maximum atomic E-state index is 14.4. The molecule has 0 spiro atoms. The van der Waals surface area contributed by atoms with E-state index < -0.39 is 5.82 Å². The topological polar surface area (TPSA) is 84.0 Å². The van der Waals surface area contributed by atoms with Crippen molar-refractivity contribution < 1.29 is 14.0 Å². The van der Waals surface area contributed by atoms with E-state index in [9.17, 15) is 14.0 Å². The normalized spacial score (nSPS) is 14.2. The van der Waals surface area contributed by atoms with Crippen LogP contribution in [0.1, 0.15) is 66.4 Å². The average molecular weight is 398 g/mol. The summed E-state index contributed by atoms with van der Waals surface area (Å²) in [6.07, 6.45) is 3.01. The zero-order valence-electron chi connectivity index (χ0n) is 17.3. The molecule has 2 amide bonds. The van der Waals surface area contributed by atoms with Gasteiger partial charge in [-0.2, -0.15) is 0 Å². The lowest BCUT2D eigenvalue weighted by Crippen LogP contribution is -2.39. The van der Waals surface area contributed by atoms with E-state index in [2.05, 4.69) is 20.8 Å². The predicted molar refractivity (Wildman–Crippen MR) is 109 cm³/mol. The van der Waals surface area contributed by atoms with Gasteiger partial charge >= 0.3 is 0 Å². The fourth-order valence-corrected chi connectivity index (χ4v) is 2.93. The van der Waals surface area contributed by atoms with Crippen LogP contribution < -0.4 is 10.6 Å². The molecule has 1 fully saturated rings. The first-order valence-electron chi connectivity index (χ1n) is 9.87. The van der Waals surface area contributed by atoms with Gasteiger partial charge in [0.25, 0.3) is 11.8 Å². The van der Waals surface area contributed by atoms with Crippen LogP contribution in [0.5, 0.6) is 0 Å². The highest BCUT2D eigenvalue weighted by Crippen LogP contribution is 2.26. The van der Waals surface area contributed by atoms with Crippen molar-refractivity contribution in [2.75, 3.05) is 6.54 Å². The van der Waals surface area contributed by atoms with Crippen molar-refractivity contribution in [1.29, 1.82) is 0 Å². The molecule has 0 saturated heterocycles. The Labute approximate surface area is 170 Å². The van der Waals surface area contributed by atoms with Crippen LogP contribution >= 0.6 is 0 Å². The Morgan fingerprint density at radius 2 is 1.86 bits per heavy atom. The standard InChI is InChI=1S/C22H27FN4O2/c1-13-16(10-14(11-17(13)23)20(28)25-15-6-5-7-15)18-8-9-19(27-26-18)21(29)24-12-22(2,3)4/h8-11,15H,5-7,12H2,1-4H3,(H,24,29)(H,25,28). The molecule has 6 nitrogen and oxygen atoms in total. The molecule has 2 aromatic rings. The maximum Gasteiger partial charge on any atom is 0.271 e. The summed E-state index contributed by atoms with van der Waals surface area (Å²) in [5, 5.41) is 13.8. The van der Waals surface area contributed by atoms with E-state index in [0.717, 1.165) is 19.3 Å². The van der Waals surface area contributed by atoms with Crippen LogP contribution in [-0.2, 0) is 0 Å². The molecule has 1 aromatic carbocycles. The van der Waals surface area contributed by atoms with Crippen molar-refractivity contribution in [3.63, 3.8) is 0 Å². The molecular formula is C22H27FN4O2. The molecule has 7 heteroatoms. The second-order valence-corrected chi connectivity index (χ2v) is 8.78. The van der Waals surface area contributed by atoms with Gasteiger partial charge in [0.15, 0.2) is 5.69 Å². The van der Waals surface area contributed by atoms with Crippen molar-refractivity contribution in [2.45, 2.75) is 53.0 Å². The lowest BCUT2D eigenvalue weighted by molar-refractivity contribution is 0.0913. The zero-order chi connectivity index (χ0) is 21.2. The quantitative estimate of drug-likeness (QED) is 0.805. The number of amides is 2. The number of nitrogens with one attached hydrogen (secondary N) is 2. The van der Waals surface area contributed by atoms with Gasteiger partial charge in [0.1, 0.15) is 5.82 Å². The first-order chi connectivity index (χ1) is 13.6. The SMILES string of the molecule is Cc1c(F)cc(C(=O)NC2CCC2)cc1-c1ccc(C(=O)NCC(C)(C)C)nn1. The van der Waals surface area contributed by atoms with Crippen LogP contribution in [0.3, 0.4) is 0 Å². The summed E-state index contributed by atoms with van der Waals surface area (Å²) in [6.45, 7) is 8.20. The van der Waals surface area contributed by atoms with E-state index in [1.165, 1.54) is 6.07 Å². The highest BCUT2D eigenvalue weighted by molar-refractivity contribution is 5.96. The third kappa shape index (κ3) is 5.16. The molecule has 1 aromatic heterocycles. The molecule has 0 aliphatic heterocycles. The Hall–Kier alpha value is -2.83. The molecule has 0 radical (unpaired) electrons. The second-order valence-electron chi connectivity index (χ2n) is 8.78. The van der Waals surface area contributed by atoms with Crippen LogP contribution in [0.25, 0.3) is 11.3 Å². The van der Waals surface area contributed by atoms with Crippen LogP contribution in [0.4, 0.5) is 4.39 Å². The lowest BCUT2D eigenvalue weighted by Gasteiger charge is -2.26. The number of rotatable bonds is 5. The fraction of sp³-hybridized carbons (Fsp3) is 0.455. The van der Waals surface area contributed by atoms with Crippen LogP contribution in [0.2, 0.25) is 0 Å². The van der Waals surface area contributed by atoms with Crippen molar-refractivity contribution >= 4 is 11.8 Å². The van der Waals surface area contributed by atoms with Gasteiger partial charge in [-0.15, -0.1) is 10.2 Å². The van der Waals surface area contributed by atoms with Crippen LogP contribution in [0, 0.1) is 18.2 Å². The highest BCUT2D eigenvalue weighted by Gasteiger charge is 2.22. The van der Waals surface area contributed by atoms with E-state index in [1.54, 1.807) is 25.1 Å². The molecule has 154 valence electrons.